The molecule has 18 heavy (non-hydrogen) atoms. The molecule has 0 aliphatic carbocycles. The molecule has 0 aliphatic heterocycles. The smallest absolute Gasteiger partial charge is 0.277 e. The average Bonchev–Trinajstić information content (AvgIpc) is 3.00. The summed E-state index contributed by atoms with van der Waals surface area (Å²) < 4.78 is 3.08. The Morgan fingerprint density at radius 3 is 3.06 bits per heavy atom. The van der Waals surface area contributed by atoms with E-state index in [9.17, 15) is 4.79 Å². The van der Waals surface area contributed by atoms with Gasteiger partial charge in [-0.05, 0) is 17.5 Å². The zero-order valence-electron chi connectivity index (χ0n) is 9.41. The number of nitrogens with zero attached hydrogens (tertiary/aromatic N) is 3. The highest BCUT2D eigenvalue weighted by Gasteiger charge is 2.09. The summed E-state index contributed by atoms with van der Waals surface area (Å²) in [5.41, 5.74) is 1.22. The van der Waals surface area contributed by atoms with Crippen molar-refractivity contribution in [3.8, 4) is 22.9 Å². The molecule has 4 nitrogen and oxygen atoms in total. The van der Waals surface area contributed by atoms with Gasteiger partial charge in [-0.3, -0.25) is 4.79 Å². The zero-order chi connectivity index (χ0) is 12.5. The third-order valence-corrected chi connectivity index (χ3v) is 3.53. The first kappa shape index (κ1) is 10.8. The van der Waals surface area contributed by atoms with Crippen LogP contribution in [-0.4, -0.2) is 14.2 Å². The van der Waals surface area contributed by atoms with E-state index in [1.807, 2.05) is 17.5 Å². The Bertz CT molecular complexity index is 790. The molecule has 0 saturated carbocycles. The number of rotatable bonds is 2. The first-order chi connectivity index (χ1) is 8.79. The Morgan fingerprint density at radius 2 is 2.33 bits per heavy atom. The minimum Gasteiger partial charge on any atom is -0.301 e. The normalized spacial score (nSPS) is 10.6. The van der Waals surface area contributed by atoms with Crippen LogP contribution in [0, 0.1) is 12.3 Å². The van der Waals surface area contributed by atoms with Gasteiger partial charge >= 0.3 is 0 Å². The van der Waals surface area contributed by atoms with Crippen molar-refractivity contribution < 1.29 is 0 Å². The first-order valence-electron chi connectivity index (χ1n) is 5.36. The van der Waals surface area contributed by atoms with Crippen molar-refractivity contribution in [1.82, 2.24) is 14.2 Å². The van der Waals surface area contributed by atoms with Gasteiger partial charge in [0.2, 0.25) is 0 Å². The third-order valence-electron chi connectivity index (χ3n) is 2.64. The van der Waals surface area contributed by atoms with Gasteiger partial charge < -0.3 is 4.57 Å². The van der Waals surface area contributed by atoms with Crippen molar-refractivity contribution >= 4 is 16.9 Å². The summed E-state index contributed by atoms with van der Waals surface area (Å²) in [7, 11) is 0. The van der Waals surface area contributed by atoms with Crippen LogP contribution in [0.4, 0.5) is 0 Å². The van der Waals surface area contributed by atoms with Crippen LogP contribution in [0.25, 0.3) is 16.1 Å². The molecule has 0 radical (unpaired) electrons. The molecular weight excluding hydrogens is 246 g/mol. The summed E-state index contributed by atoms with van der Waals surface area (Å²) in [6.45, 7) is 0.273. The minimum absolute atomic E-state index is 0.120. The maximum Gasteiger partial charge on any atom is 0.277 e. The molecule has 3 rings (SSSR count). The lowest BCUT2D eigenvalue weighted by molar-refractivity contribution is 0.773. The van der Waals surface area contributed by atoms with E-state index in [0.29, 0.717) is 5.52 Å². The fourth-order valence-corrected chi connectivity index (χ4v) is 2.48. The van der Waals surface area contributed by atoms with E-state index in [2.05, 4.69) is 11.0 Å². The average molecular weight is 255 g/mol. The first-order valence-corrected chi connectivity index (χ1v) is 6.24. The van der Waals surface area contributed by atoms with Gasteiger partial charge in [0.25, 0.3) is 5.56 Å². The lowest BCUT2D eigenvalue weighted by Gasteiger charge is -1.99. The van der Waals surface area contributed by atoms with Gasteiger partial charge in [0.05, 0.1) is 11.4 Å². The molecule has 3 heterocycles. The molecule has 3 aromatic heterocycles. The van der Waals surface area contributed by atoms with Gasteiger partial charge in [-0.15, -0.1) is 17.8 Å². The van der Waals surface area contributed by atoms with Gasteiger partial charge in [0.15, 0.2) is 0 Å². The van der Waals surface area contributed by atoms with Gasteiger partial charge in [-0.1, -0.05) is 12.0 Å². The van der Waals surface area contributed by atoms with E-state index in [0.717, 1.165) is 10.6 Å². The second kappa shape index (κ2) is 4.17. The summed E-state index contributed by atoms with van der Waals surface area (Å²) in [6.07, 6.45) is 8.62. The predicted octanol–water partition coefficient (Wildman–Crippen LogP) is 1.86. The van der Waals surface area contributed by atoms with Crippen LogP contribution in [0.3, 0.4) is 0 Å². The minimum atomic E-state index is -0.120. The van der Waals surface area contributed by atoms with Crippen molar-refractivity contribution in [2.24, 2.45) is 0 Å². The van der Waals surface area contributed by atoms with Crippen LogP contribution in [0.1, 0.15) is 0 Å². The van der Waals surface area contributed by atoms with Crippen molar-refractivity contribution in [2.45, 2.75) is 6.54 Å². The molecule has 0 aromatic carbocycles. The molecule has 88 valence electrons. The topological polar surface area (TPSA) is 39.3 Å². The summed E-state index contributed by atoms with van der Waals surface area (Å²) in [6, 6.07) is 5.73. The van der Waals surface area contributed by atoms with Crippen LogP contribution < -0.4 is 5.56 Å². The largest absolute Gasteiger partial charge is 0.301 e. The molecule has 5 heteroatoms. The van der Waals surface area contributed by atoms with Crippen LogP contribution in [0.15, 0.2) is 40.8 Å². The SMILES string of the molecule is C#CCn1ccn2nc(-c3cccs3)cc2c1=O. The molecule has 0 aliphatic rings. The molecule has 3 aromatic rings. The molecule has 0 amide bonds. The van der Waals surface area contributed by atoms with Crippen LogP contribution in [0.2, 0.25) is 0 Å². The third kappa shape index (κ3) is 1.63. The molecule has 0 atom stereocenters. The standard InChI is InChI=1S/C13H9N3OS/c1-2-5-15-6-7-16-11(13(15)17)9-10(14-16)12-4-3-8-18-12/h1,3-4,6-9H,5H2. The molecule has 0 bridgehead atoms. The fourth-order valence-electron chi connectivity index (χ4n) is 1.79. The molecule has 0 N–H and O–H groups in total. The summed E-state index contributed by atoms with van der Waals surface area (Å²) >= 11 is 1.59. The number of terminal acetylenes is 1. The maximum absolute atomic E-state index is 12.1. The zero-order valence-corrected chi connectivity index (χ0v) is 10.2. The number of hydrogen-bond acceptors (Lipinski definition) is 3. The van der Waals surface area contributed by atoms with E-state index < -0.39 is 0 Å². The van der Waals surface area contributed by atoms with Crippen molar-refractivity contribution in [3.05, 3.63) is 46.3 Å². The molecule has 0 saturated heterocycles. The van der Waals surface area contributed by atoms with E-state index in [1.54, 1.807) is 34.3 Å². The van der Waals surface area contributed by atoms with Gasteiger partial charge in [-0.25, -0.2) is 4.52 Å². The molecule has 0 unspecified atom stereocenters. The Kier molecular flexibility index (Phi) is 2.50. The van der Waals surface area contributed by atoms with Crippen molar-refractivity contribution in [1.29, 1.82) is 0 Å². The van der Waals surface area contributed by atoms with Crippen molar-refractivity contribution in [3.63, 3.8) is 0 Å². The fraction of sp³-hybridized carbons (Fsp3) is 0.0769. The second-order valence-electron chi connectivity index (χ2n) is 3.77. The monoisotopic (exact) mass is 255 g/mol. The highest BCUT2D eigenvalue weighted by molar-refractivity contribution is 7.13. The highest BCUT2D eigenvalue weighted by atomic mass is 32.1. The molecule has 0 spiro atoms. The van der Waals surface area contributed by atoms with E-state index in [1.165, 1.54) is 4.57 Å². The van der Waals surface area contributed by atoms with Crippen LogP contribution in [-0.2, 0) is 6.54 Å². The number of thiophene rings is 1. The van der Waals surface area contributed by atoms with E-state index >= 15 is 0 Å². The van der Waals surface area contributed by atoms with E-state index in [4.69, 9.17) is 6.42 Å². The van der Waals surface area contributed by atoms with Gasteiger partial charge in [0, 0.05) is 12.4 Å². The maximum atomic E-state index is 12.1. The predicted molar refractivity (Wildman–Crippen MR) is 71.6 cm³/mol. The lowest BCUT2D eigenvalue weighted by atomic mass is 10.3. The number of hydrogen-bond donors (Lipinski definition) is 0. The van der Waals surface area contributed by atoms with Crippen molar-refractivity contribution in [2.75, 3.05) is 0 Å². The summed E-state index contributed by atoms with van der Waals surface area (Å²) in [4.78, 5) is 13.2. The van der Waals surface area contributed by atoms with Gasteiger partial charge in [-0.2, -0.15) is 5.10 Å². The Morgan fingerprint density at radius 1 is 1.44 bits per heavy atom. The lowest BCUT2D eigenvalue weighted by Crippen LogP contribution is -2.20. The Hall–Kier alpha value is -2.32. The van der Waals surface area contributed by atoms with Gasteiger partial charge in [0.1, 0.15) is 11.2 Å². The van der Waals surface area contributed by atoms with E-state index in [-0.39, 0.29) is 12.1 Å². The number of fused-ring (bicyclic) bond motifs is 1. The Balaban J connectivity index is 2.22. The quantitative estimate of drug-likeness (QED) is 0.656. The highest BCUT2D eigenvalue weighted by Crippen LogP contribution is 2.23. The Labute approximate surface area is 107 Å². The summed E-state index contributed by atoms with van der Waals surface area (Å²) in [5.74, 6) is 2.46. The van der Waals surface area contributed by atoms with Crippen LogP contribution in [0.5, 0.6) is 0 Å². The second-order valence-corrected chi connectivity index (χ2v) is 4.72. The molecule has 0 fully saturated rings. The number of aromatic nitrogens is 3. The van der Waals surface area contributed by atoms with Crippen LogP contribution >= 0.6 is 11.3 Å². The summed E-state index contributed by atoms with van der Waals surface area (Å²) in [5, 5.41) is 6.36. The molecular formula is C13H9N3OS.